The van der Waals surface area contributed by atoms with E-state index in [1.165, 1.54) is 0 Å². The number of carbonyl (C=O) groups is 1. The average molecular weight is 312 g/mol. The van der Waals surface area contributed by atoms with Gasteiger partial charge in [0.1, 0.15) is 5.69 Å². The van der Waals surface area contributed by atoms with Gasteiger partial charge in [-0.3, -0.25) is 14.5 Å². The fraction of sp³-hybridized carbons (Fsp3) is 0.357. The van der Waals surface area contributed by atoms with Crippen molar-refractivity contribution < 1.29 is 18.0 Å². The molecular formula is C14H15F3N4O. The Labute approximate surface area is 125 Å². The minimum Gasteiger partial charge on any atom is -0.346 e. The molecule has 0 radical (unpaired) electrons. The van der Waals surface area contributed by atoms with Crippen LogP contribution in [0.4, 0.5) is 13.2 Å². The van der Waals surface area contributed by atoms with Crippen LogP contribution in [-0.4, -0.2) is 20.7 Å². The summed E-state index contributed by atoms with van der Waals surface area (Å²) < 4.78 is 38.9. The van der Waals surface area contributed by atoms with E-state index in [9.17, 15) is 18.0 Å². The van der Waals surface area contributed by atoms with Gasteiger partial charge < -0.3 is 5.32 Å². The molecule has 8 heteroatoms. The summed E-state index contributed by atoms with van der Waals surface area (Å²) in [6, 6.07) is 3.86. The minimum atomic E-state index is -4.52. The van der Waals surface area contributed by atoms with Crippen LogP contribution in [0.3, 0.4) is 0 Å². The Balaban J connectivity index is 1.97. The second-order valence-corrected chi connectivity index (χ2v) is 4.99. The number of rotatable bonds is 4. The summed E-state index contributed by atoms with van der Waals surface area (Å²) >= 11 is 0. The highest BCUT2D eigenvalue weighted by atomic mass is 19.4. The zero-order valence-corrected chi connectivity index (χ0v) is 12.1. The number of hydrogen-bond acceptors (Lipinski definition) is 3. The molecule has 118 valence electrons. The summed E-state index contributed by atoms with van der Waals surface area (Å²) in [4.78, 5) is 15.1. The lowest BCUT2D eigenvalue weighted by molar-refractivity contribution is -0.141. The molecule has 0 unspecified atom stereocenters. The van der Waals surface area contributed by atoms with Gasteiger partial charge in [0.05, 0.1) is 17.8 Å². The highest BCUT2D eigenvalue weighted by Gasteiger charge is 2.32. The second kappa shape index (κ2) is 6.17. The van der Waals surface area contributed by atoms with E-state index < -0.39 is 17.8 Å². The Bertz CT molecular complexity index is 647. The van der Waals surface area contributed by atoms with Crippen molar-refractivity contribution in [3.8, 4) is 0 Å². The number of carbonyl (C=O) groups excluding carboxylic acids is 1. The molecule has 0 saturated carbocycles. The minimum absolute atomic E-state index is 0.0660. The number of hydrogen-bond donors (Lipinski definition) is 1. The summed E-state index contributed by atoms with van der Waals surface area (Å²) in [5.41, 5.74) is -0.294. The number of aromatic nitrogens is 3. The van der Waals surface area contributed by atoms with E-state index in [1.54, 1.807) is 16.9 Å². The van der Waals surface area contributed by atoms with E-state index in [4.69, 9.17) is 0 Å². The molecule has 0 aliphatic rings. The molecular weight excluding hydrogens is 297 g/mol. The first-order valence-corrected chi connectivity index (χ1v) is 6.63. The third-order valence-corrected chi connectivity index (χ3v) is 2.94. The molecule has 2 heterocycles. The molecule has 2 rings (SSSR count). The predicted molar refractivity (Wildman–Crippen MR) is 73.0 cm³/mol. The van der Waals surface area contributed by atoms with Gasteiger partial charge in [0, 0.05) is 18.4 Å². The van der Waals surface area contributed by atoms with Crippen LogP contribution in [0.2, 0.25) is 0 Å². The topological polar surface area (TPSA) is 59.8 Å². The van der Waals surface area contributed by atoms with E-state index in [0.29, 0.717) is 5.69 Å². The van der Waals surface area contributed by atoms with Crippen LogP contribution in [0.15, 0.2) is 30.6 Å². The van der Waals surface area contributed by atoms with Gasteiger partial charge in [-0.2, -0.15) is 18.3 Å². The quantitative estimate of drug-likeness (QED) is 0.944. The maximum Gasteiger partial charge on any atom is 0.433 e. The van der Waals surface area contributed by atoms with E-state index in [-0.39, 0.29) is 18.2 Å². The van der Waals surface area contributed by atoms with Crippen molar-refractivity contribution in [3.63, 3.8) is 0 Å². The molecule has 0 saturated heterocycles. The Morgan fingerprint density at radius 1 is 1.32 bits per heavy atom. The molecule has 0 bridgehead atoms. The van der Waals surface area contributed by atoms with Crippen molar-refractivity contribution >= 4 is 5.91 Å². The number of alkyl halides is 3. The first-order chi connectivity index (χ1) is 10.3. The highest BCUT2D eigenvalue weighted by Crippen LogP contribution is 2.27. The fourth-order valence-corrected chi connectivity index (χ4v) is 1.73. The molecule has 0 fully saturated rings. The van der Waals surface area contributed by atoms with Crippen molar-refractivity contribution in [1.29, 1.82) is 0 Å². The van der Waals surface area contributed by atoms with Crippen LogP contribution >= 0.6 is 0 Å². The third-order valence-electron chi connectivity index (χ3n) is 2.94. The van der Waals surface area contributed by atoms with Crippen molar-refractivity contribution in [2.24, 2.45) is 0 Å². The summed E-state index contributed by atoms with van der Waals surface area (Å²) in [5, 5.41) is 6.85. The number of halogens is 3. The van der Waals surface area contributed by atoms with Crippen LogP contribution < -0.4 is 5.32 Å². The van der Waals surface area contributed by atoms with Gasteiger partial charge in [-0.1, -0.05) is 0 Å². The number of pyridine rings is 1. The molecule has 0 aliphatic heterocycles. The summed E-state index contributed by atoms with van der Waals surface area (Å²) in [6.45, 7) is 4.14. The molecule has 0 atom stereocenters. The summed E-state index contributed by atoms with van der Waals surface area (Å²) in [5.74, 6) is -0.500. The fourth-order valence-electron chi connectivity index (χ4n) is 1.73. The Morgan fingerprint density at radius 3 is 2.55 bits per heavy atom. The normalized spacial score (nSPS) is 11.7. The van der Waals surface area contributed by atoms with Gasteiger partial charge in [0.25, 0.3) is 5.91 Å². The maximum absolute atomic E-state index is 12.4. The SMILES string of the molecule is CC(C)n1ccc(CNC(=O)c2ccc(C(F)(F)F)nc2)n1. The average Bonchev–Trinajstić information content (AvgIpc) is 2.93. The zero-order chi connectivity index (χ0) is 16.3. The molecule has 1 N–H and O–H groups in total. The number of nitrogens with zero attached hydrogens (tertiary/aromatic N) is 3. The van der Waals surface area contributed by atoms with E-state index in [1.807, 2.05) is 13.8 Å². The van der Waals surface area contributed by atoms with Crippen molar-refractivity contribution in [1.82, 2.24) is 20.1 Å². The molecule has 0 aliphatic carbocycles. The van der Waals surface area contributed by atoms with Gasteiger partial charge in [-0.05, 0) is 32.0 Å². The maximum atomic E-state index is 12.4. The van der Waals surface area contributed by atoms with Crippen molar-refractivity contribution in [2.75, 3.05) is 0 Å². The van der Waals surface area contributed by atoms with Gasteiger partial charge in [-0.25, -0.2) is 0 Å². The Morgan fingerprint density at radius 2 is 2.05 bits per heavy atom. The predicted octanol–water partition coefficient (Wildman–Crippen LogP) is 2.81. The smallest absolute Gasteiger partial charge is 0.346 e. The number of nitrogens with one attached hydrogen (secondary N) is 1. The zero-order valence-electron chi connectivity index (χ0n) is 12.1. The second-order valence-electron chi connectivity index (χ2n) is 4.99. The lowest BCUT2D eigenvalue weighted by atomic mass is 10.2. The largest absolute Gasteiger partial charge is 0.433 e. The van der Waals surface area contributed by atoms with E-state index >= 15 is 0 Å². The van der Waals surface area contributed by atoms with Gasteiger partial charge in [0.2, 0.25) is 0 Å². The summed E-state index contributed by atoms with van der Waals surface area (Å²) in [7, 11) is 0. The van der Waals surface area contributed by atoms with Crippen LogP contribution in [0, 0.1) is 0 Å². The third kappa shape index (κ3) is 3.84. The van der Waals surface area contributed by atoms with Crippen LogP contribution in [0.25, 0.3) is 0 Å². The monoisotopic (exact) mass is 312 g/mol. The van der Waals surface area contributed by atoms with Crippen molar-refractivity contribution in [2.45, 2.75) is 32.6 Å². The van der Waals surface area contributed by atoms with Gasteiger partial charge in [0.15, 0.2) is 0 Å². The number of amides is 1. The molecule has 22 heavy (non-hydrogen) atoms. The van der Waals surface area contributed by atoms with Crippen LogP contribution in [0.5, 0.6) is 0 Å². The molecule has 5 nitrogen and oxygen atoms in total. The first-order valence-electron chi connectivity index (χ1n) is 6.63. The molecule has 2 aromatic rings. The molecule has 0 aromatic carbocycles. The molecule has 2 aromatic heterocycles. The van der Waals surface area contributed by atoms with Crippen LogP contribution in [-0.2, 0) is 12.7 Å². The van der Waals surface area contributed by atoms with Gasteiger partial charge in [-0.15, -0.1) is 0 Å². The molecule has 0 spiro atoms. The van der Waals surface area contributed by atoms with E-state index in [0.717, 1.165) is 18.3 Å². The van der Waals surface area contributed by atoms with Crippen LogP contribution in [0.1, 0.15) is 41.6 Å². The first kappa shape index (κ1) is 16.0. The molecule has 1 amide bonds. The lowest BCUT2D eigenvalue weighted by Gasteiger charge is -2.07. The Kier molecular flexibility index (Phi) is 4.48. The standard InChI is InChI=1S/C14H15F3N4O/c1-9(2)21-6-5-11(20-21)8-19-13(22)10-3-4-12(18-7-10)14(15,16)17/h3-7,9H,8H2,1-2H3,(H,19,22). The van der Waals surface area contributed by atoms with Crippen molar-refractivity contribution in [3.05, 3.63) is 47.5 Å². The summed E-state index contributed by atoms with van der Waals surface area (Å²) in [6.07, 6.45) is -1.81. The lowest BCUT2D eigenvalue weighted by Crippen LogP contribution is -2.23. The Hall–Kier alpha value is -2.38. The van der Waals surface area contributed by atoms with Gasteiger partial charge >= 0.3 is 6.18 Å². The highest BCUT2D eigenvalue weighted by molar-refractivity contribution is 5.93. The van der Waals surface area contributed by atoms with E-state index in [2.05, 4.69) is 15.4 Å².